The van der Waals surface area contributed by atoms with Crippen LogP contribution in [0.5, 0.6) is 5.75 Å². The van der Waals surface area contributed by atoms with Crippen LogP contribution in [0.2, 0.25) is 0 Å². The molecule has 0 fully saturated rings. The Hall–Kier alpha value is -1.35. The van der Waals surface area contributed by atoms with Crippen LogP contribution in [-0.4, -0.2) is 21.3 Å². The Kier molecular flexibility index (Phi) is 3.71. The average molecular weight is 266 g/mol. The topological polar surface area (TPSA) is 44.8 Å². The molecular weight excluding hydrogens is 251 g/mol. The van der Waals surface area contributed by atoms with Gasteiger partial charge in [-0.15, -0.1) is 0 Å². The molecule has 96 valence electrons. The Balaban J connectivity index is 2.54. The maximum absolute atomic E-state index is 12.2. The highest BCUT2D eigenvalue weighted by molar-refractivity contribution is 7.62. The average Bonchev–Trinajstić information content (AvgIpc) is 2.45. The molecule has 0 unspecified atom stereocenters. The number of methoxy groups -OCH3 is 1. The molecule has 0 radical (unpaired) electrons. The summed E-state index contributed by atoms with van der Waals surface area (Å²) in [5.41, 5.74) is 0. The lowest BCUT2D eigenvalue weighted by atomic mass is 10.1. The van der Waals surface area contributed by atoms with Gasteiger partial charge < -0.3 is 13.8 Å². The lowest BCUT2D eigenvalue weighted by Crippen LogP contribution is -2.07. The van der Waals surface area contributed by atoms with Gasteiger partial charge in [-0.1, -0.05) is 12.1 Å². The number of fused-ring (bicyclic) bond motifs is 1. The highest BCUT2D eigenvalue weighted by atomic mass is 31.2. The van der Waals surface area contributed by atoms with Crippen LogP contribution in [0.15, 0.2) is 36.4 Å². The third kappa shape index (κ3) is 2.27. The maximum atomic E-state index is 12.2. The fourth-order valence-corrected chi connectivity index (χ4v) is 2.92. The summed E-state index contributed by atoms with van der Waals surface area (Å²) >= 11 is 0. The minimum Gasteiger partial charge on any atom is -0.497 e. The molecule has 5 heteroatoms. The van der Waals surface area contributed by atoms with Crippen molar-refractivity contribution in [3.8, 4) is 5.75 Å². The van der Waals surface area contributed by atoms with Gasteiger partial charge in [-0.2, -0.15) is 0 Å². The van der Waals surface area contributed by atoms with Crippen molar-refractivity contribution >= 4 is 23.7 Å². The summed E-state index contributed by atoms with van der Waals surface area (Å²) < 4.78 is 27.4. The monoisotopic (exact) mass is 266 g/mol. The Morgan fingerprint density at radius 1 is 0.889 bits per heavy atom. The summed E-state index contributed by atoms with van der Waals surface area (Å²) in [6, 6.07) is 11.1. The summed E-state index contributed by atoms with van der Waals surface area (Å²) in [5, 5.41) is 2.52. The molecule has 0 aromatic heterocycles. The summed E-state index contributed by atoms with van der Waals surface area (Å²) in [6.45, 7) is 0. The van der Waals surface area contributed by atoms with Crippen LogP contribution in [0.25, 0.3) is 10.8 Å². The van der Waals surface area contributed by atoms with E-state index in [0.717, 1.165) is 16.5 Å². The molecule has 0 saturated carbocycles. The van der Waals surface area contributed by atoms with Gasteiger partial charge in [-0.05, 0) is 35.0 Å². The first-order valence-corrected chi connectivity index (χ1v) is 6.97. The van der Waals surface area contributed by atoms with Crippen molar-refractivity contribution in [2.45, 2.75) is 0 Å². The summed E-state index contributed by atoms with van der Waals surface area (Å²) in [5.74, 6) is 0.789. The van der Waals surface area contributed by atoms with E-state index in [4.69, 9.17) is 13.8 Å². The lowest BCUT2D eigenvalue weighted by Gasteiger charge is -2.14. The van der Waals surface area contributed by atoms with Crippen LogP contribution >= 0.6 is 7.60 Å². The van der Waals surface area contributed by atoms with Crippen molar-refractivity contribution in [1.82, 2.24) is 0 Å². The zero-order valence-electron chi connectivity index (χ0n) is 10.5. The van der Waals surface area contributed by atoms with Gasteiger partial charge in [0.05, 0.1) is 12.4 Å². The van der Waals surface area contributed by atoms with Gasteiger partial charge in [0.1, 0.15) is 5.75 Å². The van der Waals surface area contributed by atoms with Crippen molar-refractivity contribution in [3.63, 3.8) is 0 Å². The fraction of sp³-hybridized carbons (Fsp3) is 0.231. The van der Waals surface area contributed by atoms with E-state index in [1.54, 1.807) is 13.2 Å². The summed E-state index contributed by atoms with van der Waals surface area (Å²) in [6.07, 6.45) is 0. The van der Waals surface area contributed by atoms with Gasteiger partial charge in [0.25, 0.3) is 0 Å². The quantitative estimate of drug-likeness (QED) is 0.798. The molecule has 0 N–H and O–H groups in total. The Labute approximate surface area is 106 Å². The van der Waals surface area contributed by atoms with Crippen LogP contribution in [-0.2, 0) is 13.6 Å². The van der Waals surface area contributed by atoms with E-state index < -0.39 is 7.60 Å². The van der Waals surface area contributed by atoms with E-state index in [9.17, 15) is 4.57 Å². The molecule has 18 heavy (non-hydrogen) atoms. The van der Waals surface area contributed by atoms with Crippen LogP contribution in [0.3, 0.4) is 0 Å². The number of benzene rings is 2. The second-order valence-electron chi connectivity index (χ2n) is 3.76. The Morgan fingerprint density at radius 2 is 1.50 bits per heavy atom. The largest absolute Gasteiger partial charge is 0.497 e. The first-order chi connectivity index (χ1) is 8.62. The highest BCUT2D eigenvalue weighted by Crippen LogP contribution is 2.45. The van der Waals surface area contributed by atoms with Gasteiger partial charge in [0.2, 0.25) is 0 Å². The fourth-order valence-electron chi connectivity index (χ4n) is 1.79. The predicted octanol–water partition coefficient (Wildman–Crippen LogP) is 2.96. The number of hydrogen-bond donors (Lipinski definition) is 0. The van der Waals surface area contributed by atoms with E-state index in [2.05, 4.69) is 0 Å². The molecule has 2 rings (SSSR count). The van der Waals surface area contributed by atoms with E-state index in [1.165, 1.54) is 14.2 Å². The van der Waals surface area contributed by atoms with Gasteiger partial charge in [0.15, 0.2) is 0 Å². The van der Waals surface area contributed by atoms with Crippen LogP contribution in [0, 0.1) is 0 Å². The van der Waals surface area contributed by atoms with Crippen molar-refractivity contribution in [2.75, 3.05) is 21.3 Å². The van der Waals surface area contributed by atoms with E-state index in [1.807, 2.05) is 30.3 Å². The van der Waals surface area contributed by atoms with Gasteiger partial charge in [0, 0.05) is 14.2 Å². The Morgan fingerprint density at radius 3 is 2.11 bits per heavy atom. The summed E-state index contributed by atoms with van der Waals surface area (Å²) in [7, 11) is 1.19. The molecule has 0 aliphatic heterocycles. The molecule has 2 aromatic rings. The van der Waals surface area contributed by atoms with Crippen molar-refractivity contribution in [3.05, 3.63) is 36.4 Å². The van der Waals surface area contributed by atoms with Crippen LogP contribution in [0.1, 0.15) is 0 Å². The molecule has 2 aromatic carbocycles. The molecule has 0 aliphatic rings. The number of ether oxygens (including phenoxy) is 1. The first kappa shape index (κ1) is 13.1. The molecule has 0 aliphatic carbocycles. The maximum Gasteiger partial charge on any atom is 0.360 e. The van der Waals surface area contributed by atoms with E-state index in [-0.39, 0.29) is 0 Å². The summed E-state index contributed by atoms with van der Waals surface area (Å²) in [4.78, 5) is 0. The Bertz CT molecular complexity index is 601. The number of hydrogen-bond acceptors (Lipinski definition) is 4. The normalized spacial score (nSPS) is 11.7. The molecule has 0 heterocycles. The SMILES string of the molecule is COc1ccc2cc(P(=O)(OC)OC)ccc2c1. The third-order valence-corrected chi connectivity index (χ3v) is 4.70. The minimum absolute atomic E-state index is 0.546. The zero-order chi connectivity index (χ0) is 13.2. The molecule has 0 amide bonds. The molecule has 4 nitrogen and oxygen atoms in total. The van der Waals surface area contributed by atoms with Crippen LogP contribution in [0.4, 0.5) is 0 Å². The lowest BCUT2D eigenvalue weighted by molar-refractivity contribution is 0.287. The smallest absolute Gasteiger partial charge is 0.360 e. The minimum atomic E-state index is -3.19. The highest BCUT2D eigenvalue weighted by Gasteiger charge is 2.24. The predicted molar refractivity (Wildman–Crippen MR) is 71.8 cm³/mol. The molecule has 0 bridgehead atoms. The van der Waals surface area contributed by atoms with Crippen molar-refractivity contribution in [1.29, 1.82) is 0 Å². The van der Waals surface area contributed by atoms with E-state index in [0.29, 0.717) is 5.30 Å². The van der Waals surface area contributed by atoms with E-state index >= 15 is 0 Å². The standard InChI is InChI=1S/C13H15O4P/c1-15-12-6-4-11-9-13(7-5-10(11)8-12)18(14,16-2)17-3/h4-9H,1-3H3. The van der Waals surface area contributed by atoms with Crippen molar-refractivity contribution in [2.24, 2.45) is 0 Å². The van der Waals surface area contributed by atoms with Gasteiger partial charge >= 0.3 is 7.60 Å². The number of rotatable bonds is 4. The van der Waals surface area contributed by atoms with Gasteiger partial charge in [-0.25, -0.2) is 0 Å². The zero-order valence-corrected chi connectivity index (χ0v) is 11.4. The second kappa shape index (κ2) is 5.11. The molecule has 0 spiro atoms. The molecule has 0 saturated heterocycles. The van der Waals surface area contributed by atoms with Crippen LogP contribution < -0.4 is 10.0 Å². The molecule has 0 atom stereocenters. The van der Waals surface area contributed by atoms with Gasteiger partial charge in [-0.3, -0.25) is 4.57 Å². The van der Waals surface area contributed by atoms with Crippen molar-refractivity contribution < 1.29 is 18.3 Å². The first-order valence-electron chi connectivity index (χ1n) is 5.43. The third-order valence-electron chi connectivity index (χ3n) is 2.83. The molecular formula is C13H15O4P. The second-order valence-corrected chi connectivity index (χ2v) is 6.00.